The number of sulfonamides is 1. The van der Waals surface area contributed by atoms with Crippen LogP contribution in [0.2, 0.25) is 0 Å². The molecule has 5 nitrogen and oxygen atoms in total. The van der Waals surface area contributed by atoms with E-state index in [1.807, 2.05) is 0 Å². The van der Waals surface area contributed by atoms with Gasteiger partial charge >= 0.3 is 0 Å². The van der Waals surface area contributed by atoms with E-state index in [0.717, 1.165) is 12.8 Å². The molecule has 0 unspecified atom stereocenters. The number of ether oxygens (including phenoxy) is 1. The topological polar surface area (TPSA) is 75.6 Å². The highest BCUT2D eigenvalue weighted by molar-refractivity contribution is 7.89. The average Bonchev–Trinajstić information content (AvgIpc) is 2.40. The van der Waals surface area contributed by atoms with Crippen LogP contribution in [0, 0.1) is 13.8 Å². The summed E-state index contributed by atoms with van der Waals surface area (Å²) in [4.78, 5) is 0.279. The summed E-state index contributed by atoms with van der Waals surface area (Å²) in [6.45, 7) is 3.50. The minimum Gasteiger partial charge on any atom is -0.497 e. The van der Waals surface area contributed by atoms with Crippen LogP contribution in [0.3, 0.4) is 0 Å². The molecule has 1 aliphatic rings. The maximum absolute atomic E-state index is 12.6. The minimum absolute atomic E-state index is 0.279. The molecule has 1 aromatic rings. The first-order valence-corrected chi connectivity index (χ1v) is 8.69. The molecule has 1 aliphatic carbocycles. The fourth-order valence-electron chi connectivity index (χ4n) is 2.96. The number of rotatable bonds is 4. The van der Waals surface area contributed by atoms with Crippen molar-refractivity contribution in [3.05, 3.63) is 23.3 Å². The van der Waals surface area contributed by atoms with E-state index < -0.39 is 22.2 Å². The molecule has 0 saturated heterocycles. The number of aryl methyl sites for hydroxylation is 2. The van der Waals surface area contributed by atoms with Crippen LogP contribution in [0.4, 0.5) is 0 Å². The SMILES string of the molecule is COc1cc(C)c(S(=O)(=O)N[C@H]2CCCC[C@@H]2O)c(C)c1. The Morgan fingerprint density at radius 3 is 2.29 bits per heavy atom. The smallest absolute Gasteiger partial charge is 0.241 e. The fraction of sp³-hybridized carbons (Fsp3) is 0.600. The highest BCUT2D eigenvalue weighted by Crippen LogP contribution is 2.27. The van der Waals surface area contributed by atoms with Crippen LogP contribution in [-0.2, 0) is 10.0 Å². The third-order valence-electron chi connectivity index (χ3n) is 3.97. The van der Waals surface area contributed by atoms with E-state index in [1.54, 1.807) is 33.1 Å². The fourth-order valence-corrected chi connectivity index (χ4v) is 4.72. The summed E-state index contributed by atoms with van der Waals surface area (Å²) in [5.41, 5.74) is 1.29. The van der Waals surface area contributed by atoms with Gasteiger partial charge in [-0.3, -0.25) is 0 Å². The van der Waals surface area contributed by atoms with E-state index in [1.165, 1.54) is 0 Å². The monoisotopic (exact) mass is 313 g/mol. The maximum atomic E-state index is 12.6. The van der Waals surface area contributed by atoms with E-state index >= 15 is 0 Å². The molecule has 2 rings (SSSR count). The zero-order valence-electron chi connectivity index (χ0n) is 12.7. The molecule has 0 bridgehead atoms. The molecule has 2 N–H and O–H groups in total. The van der Waals surface area contributed by atoms with Gasteiger partial charge in [-0.15, -0.1) is 0 Å². The summed E-state index contributed by atoms with van der Waals surface area (Å²) in [5, 5.41) is 9.95. The first-order valence-electron chi connectivity index (χ1n) is 7.21. The molecule has 0 spiro atoms. The second kappa shape index (κ2) is 6.34. The first-order chi connectivity index (χ1) is 9.85. The Morgan fingerprint density at radius 2 is 1.76 bits per heavy atom. The van der Waals surface area contributed by atoms with Gasteiger partial charge in [-0.2, -0.15) is 0 Å². The molecule has 0 heterocycles. The van der Waals surface area contributed by atoms with Gasteiger partial charge in [-0.05, 0) is 49.9 Å². The van der Waals surface area contributed by atoms with Crippen LogP contribution >= 0.6 is 0 Å². The average molecular weight is 313 g/mol. The summed E-state index contributed by atoms with van der Waals surface area (Å²) >= 11 is 0. The molecule has 0 amide bonds. The Bertz CT molecular complexity index is 589. The second-order valence-corrected chi connectivity index (χ2v) is 7.32. The number of hydrogen-bond donors (Lipinski definition) is 2. The molecular formula is C15H23NO4S. The normalized spacial score (nSPS) is 23.0. The predicted molar refractivity (Wildman–Crippen MR) is 81.1 cm³/mol. The number of aliphatic hydroxyl groups excluding tert-OH is 1. The minimum atomic E-state index is -3.64. The summed E-state index contributed by atoms with van der Waals surface area (Å²) in [5.74, 6) is 0.640. The molecular weight excluding hydrogens is 290 g/mol. The van der Waals surface area contributed by atoms with Gasteiger partial charge in [0.15, 0.2) is 0 Å². The maximum Gasteiger partial charge on any atom is 0.241 e. The molecule has 21 heavy (non-hydrogen) atoms. The largest absolute Gasteiger partial charge is 0.497 e. The van der Waals surface area contributed by atoms with Gasteiger partial charge in [0, 0.05) is 6.04 Å². The number of aliphatic hydroxyl groups is 1. The van der Waals surface area contributed by atoms with Gasteiger partial charge in [0.05, 0.1) is 18.1 Å². The Labute approximate surface area is 126 Å². The highest BCUT2D eigenvalue weighted by Gasteiger charge is 2.29. The molecule has 0 radical (unpaired) electrons. The van der Waals surface area contributed by atoms with Crippen LogP contribution in [0.15, 0.2) is 17.0 Å². The Morgan fingerprint density at radius 1 is 1.19 bits per heavy atom. The van der Waals surface area contributed by atoms with Crippen molar-refractivity contribution in [2.24, 2.45) is 0 Å². The van der Waals surface area contributed by atoms with Crippen LogP contribution in [0.5, 0.6) is 5.75 Å². The van der Waals surface area contributed by atoms with Crippen molar-refractivity contribution in [2.45, 2.75) is 56.6 Å². The third-order valence-corrected chi connectivity index (χ3v) is 5.77. The van der Waals surface area contributed by atoms with E-state index in [-0.39, 0.29) is 4.90 Å². The molecule has 118 valence electrons. The molecule has 6 heteroatoms. The van der Waals surface area contributed by atoms with Gasteiger partial charge < -0.3 is 9.84 Å². The summed E-state index contributed by atoms with van der Waals surface area (Å²) in [7, 11) is -2.09. The second-order valence-electron chi connectivity index (χ2n) is 5.67. The summed E-state index contributed by atoms with van der Waals surface area (Å²) < 4.78 is 33.1. The lowest BCUT2D eigenvalue weighted by molar-refractivity contribution is 0.101. The number of methoxy groups -OCH3 is 1. The summed E-state index contributed by atoms with van der Waals surface area (Å²) in [6.07, 6.45) is 2.60. The quantitative estimate of drug-likeness (QED) is 0.890. The Balaban J connectivity index is 2.31. The van der Waals surface area contributed by atoms with E-state index in [0.29, 0.717) is 29.7 Å². The molecule has 1 fully saturated rings. The predicted octanol–water partition coefficient (Wildman–Crippen LogP) is 1.89. The third kappa shape index (κ3) is 3.56. The molecule has 1 aromatic carbocycles. The lowest BCUT2D eigenvalue weighted by atomic mass is 9.93. The van der Waals surface area contributed by atoms with Crippen molar-refractivity contribution in [2.75, 3.05) is 7.11 Å². The zero-order valence-corrected chi connectivity index (χ0v) is 13.5. The van der Waals surface area contributed by atoms with Gasteiger partial charge in [0.1, 0.15) is 5.75 Å². The van der Waals surface area contributed by atoms with Gasteiger partial charge in [-0.25, -0.2) is 13.1 Å². The summed E-state index contributed by atoms with van der Waals surface area (Å²) in [6, 6.07) is 3.02. The van der Waals surface area contributed by atoms with Crippen LogP contribution in [0.1, 0.15) is 36.8 Å². The molecule has 0 aromatic heterocycles. The number of benzene rings is 1. The standard InChI is InChI=1S/C15H23NO4S/c1-10-8-12(20-3)9-11(2)15(10)21(18,19)16-13-6-4-5-7-14(13)17/h8-9,13-14,16-17H,4-7H2,1-3H3/t13-,14-/m0/s1. The van der Waals surface area contributed by atoms with Crippen molar-refractivity contribution >= 4 is 10.0 Å². The van der Waals surface area contributed by atoms with Crippen LogP contribution in [-0.4, -0.2) is 32.8 Å². The van der Waals surface area contributed by atoms with E-state index in [9.17, 15) is 13.5 Å². The van der Waals surface area contributed by atoms with E-state index in [2.05, 4.69) is 4.72 Å². The van der Waals surface area contributed by atoms with Gasteiger partial charge in [0.2, 0.25) is 10.0 Å². The van der Waals surface area contributed by atoms with Crippen molar-refractivity contribution in [1.29, 1.82) is 0 Å². The first kappa shape index (κ1) is 16.3. The Hall–Kier alpha value is -1.11. The number of hydrogen-bond acceptors (Lipinski definition) is 4. The van der Waals surface area contributed by atoms with Gasteiger partial charge in [0.25, 0.3) is 0 Å². The molecule has 2 atom stereocenters. The van der Waals surface area contributed by atoms with Crippen LogP contribution < -0.4 is 9.46 Å². The van der Waals surface area contributed by atoms with E-state index in [4.69, 9.17) is 4.74 Å². The lowest BCUT2D eigenvalue weighted by Gasteiger charge is -2.28. The van der Waals surface area contributed by atoms with Gasteiger partial charge in [-0.1, -0.05) is 12.8 Å². The van der Waals surface area contributed by atoms with Crippen molar-refractivity contribution < 1.29 is 18.3 Å². The van der Waals surface area contributed by atoms with Crippen molar-refractivity contribution in [1.82, 2.24) is 4.72 Å². The zero-order chi connectivity index (χ0) is 15.6. The molecule has 0 aliphatic heterocycles. The van der Waals surface area contributed by atoms with Crippen molar-refractivity contribution in [3.63, 3.8) is 0 Å². The highest BCUT2D eigenvalue weighted by atomic mass is 32.2. The Kier molecular flexibility index (Phi) is 4.91. The molecule has 1 saturated carbocycles. The van der Waals surface area contributed by atoms with Crippen LogP contribution in [0.25, 0.3) is 0 Å². The lowest BCUT2D eigenvalue weighted by Crippen LogP contribution is -2.45. The number of nitrogens with one attached hydrogen (secondary N) is 1. The van der Waals surface area contributed by atoms with Crippen molar-refractivity contribution in [3.8, 4) is 5.75 Å².